The Kier molecular flexibility index (Phi) is 6.90. The summed E-state index contributed by atoms with van der Waals surface area (Å²) in [6, 6.07) is 3.16. The first-order valence-corrected chi connectivity index (χ1v) is 8.80. The lowest BCUT2D eigenvalue weighted by molar-refractivity contribution is 0.248. The van der Waals surface area contributed by atoms with Crippen LogP contribution in [0.25, 0.3) is 0 Å². The molecule has 0 aromatic carbocycles. The van der Waals surface area contributed by atoms with Crippen molar-refractivity contribution in [3.05, 3.63) is 22.4 Å². The fourth-order valence-corrected chi connectivity index (χ4v) is 3.20. The second-order valence-electron chi connectivity index (χ2n) is 5.60. The van der Waals surface area contributed by atoms with Gasteiger partial charge in [0.1, 0.15) is 0 Å². The highest BCUT2D eigenvalue weighted by atomic mass is 32.1. The van der Waals surface area contributed by atoms with Crippen molar-refractivity contribution in [1.29, 1.82) is 0 Å². The summed E-state index contributed by atoms with van der Waals surface area (Å²) in [5, 5.41) is 7.89. The third-order valence-corrected chi connectivity index (χ3v) is 4.56. The molecule has 0 amide bonds. The van der Waals surface area contributed by atoms with Gasteiger partial charge in [0.2, 0.25) is 0 Å². The Labute approximate surface area is 122 Å². The van der Waals surface area contributed by atoms with Crippen LogP contribution in [0.2, 0.25) is 0 Å². The van der Waals surface area contributed by atoms with E-state index in [1.54, 1.807) is 0 Å². The Morgan fingerprint density at radius 1 is 1.26 bits per heavy atom. The molecule has 2 rings (SSSR count). The maximum absolute atomic E-state index is 3.40. The van der Waals surface area contributed by atoms with Crippen molar-refractivity contribution in [3.63, 3.8) is 0 Å². The van der Waals surface area contributed by atoms with Crippen LogP contribution in [0.3, 0.4) is 0 Å². The summed E-state index contributed by atoms with van der Waals surface area (Å²) in [7, 11) is 0. The molecule has 1 aromatic rings. The number of hydrogen-bond donors (Lipinski definition) is 1. The molecule has 3 heteroatoms. The molecule has 2 nitrogen and oxygen atoms in total. The minimum atomic E-state index is 0.890. The van der Waals surface area contributed by atoms with Crippen LogP contribution in [0.15, 0.2) is 16.8 Å². The molecule has 0 radical (unpaired) electrons. The van der Waals surface area contributed by atoms with Gasteiger partial charge in [0, 0.05) is 12.6 Å². The number of hydrogen-bond acceptors (Lipinski definition) is 3. The molecule has 1 aliphatic rings. The van der Waals surface area contributed by atoms with Crippen LogP contribution in [0.4, 0.5) is 0 Å². The van der Waals surface area contributed by atoms with Gasteiger partial charge in [-0.25, -0.2) is 0 Å². The molecule has 0 spiro atoms. The molecule has 0 aliphatic heterocycles. The first kappa shape index (κ1) is 15.0. The highest BCUT2D eigenvalue weighted by Gasteiger charge is 2.28. The molecular formula is C16H28N2S. The maximum atomic E-state index is 3.40. The van der Waals surface area contributed by atoms with Gasteiger partial charge in [-0.3, -0.25) is 4.90 Å². The molecule has 108 valence electrons. The summed E-state index contributed by atoms with van der Waals surface area (Å²) < 4.78 is 0. The minimum Gasteiger partial charge on any atom is -0.317 e. The van der Waals surface area contributed by atoms with Crippen LogP contribution in [0.1, 0.15) is 51.0 Å². The number of nitrogens with zero attached hydrogens (tertiary/aromatic N) is 1. The summed E-state index contributed by atoms with van der Waals surface area (Å²) in [5.41, 5.74) is 1.50. The smallest absolute Gasteiger partial charge is 0.0244 e. The van der Waals surface area contributed by atoms with Gasteiger partial charge in [-0.1, -0.05) is 19.8 Å². The Balaban J connectivity index is 1.56. The highest BCUT2D eigenvalue weighted by molar-refractivity contribution is 7.07. The van der Waals surface area contributed by atoms with Crippen molar-refractivity contribution in [1.82, 2.24) is 10.2 Å². The van der Waals surface area contributed by atoms with Crippen LogP contribution in [0, 0.1) is 0 Å². The zero-order valence-corrected chi connectivity index (χ0v) is 13.1. The van der Waals surface area contributed by atoms with Gasteiger partial charge in [-0.05, 0) is 67.7 Å². The van der Waals surface area contributed by atoms with E-state index in [9.17, 15) is 0 Å². The maximum Gasteiger partial charge on any atom is 0.0244 e. The van der Waals surface area contributed by atoms with E-state index in [4.69, 9.17) is 0 Å². The average molecular weight is 280 g/mol. The molecule has 1 fully saturated rings. The lowest BCUT2D eigenvalue weighted by Crippen LogP contribution is -2.26. The monoisotopic (exact) mass is 280 g/mol. The number of rotatable bonds is 11. The van der Waals surface area contributed by atoms with Gasteiger partial charge < -0.3 is 5.32 Å². The molecule has 1 aromatic heterocycles. The fraction of sp³-hybridized carbons (Fsp3) is 0.750. The highest BCUT2D eigenvalue weighted by Crippen LogP contribution is 2.29. The van der Waals surface area contributed by atoms with Crippen LogP contribution in [-0.4, -0.2) is 30.6 Å². The summed E-state index contributed by atoms with van der Waals surface area (Å²) in [6.07, 6.45) is 8.31. The van der Waals surface area contributed by atoms with Crippen molar-refractivity contribution in [3.8, 4) is 0 Å². The molecule has 0 atom stereocenters. The topological polar surface area (TPSA) is 15.3 Å². The summed E-state index contributed by atoms with van der Waals surface area (Å²) in [6.45, 7) is 6.94. The predicted molar refractivity (Wildman–Crippen MR) is 84.8 cm³/mol. The van der Waals surface area contributed by atoms with Crippen LogP contribution >= 0.6 is 11.3 Å². The van der Waals surface area contributed by atoms with Gasteiger partial charge in [0.05, 0.1) is 0 Å². The van der Waals surface area contributed by atoms with E-state index in [2.05, 4.69) is 34.0 Å². The van der Waals surface area contributed by atoms with E-state index in [0.717, 1.165) is 12.6 Å². The lowest BCUT2D eigenvalue weighted by Gasteiger charge is -2.21. The third-order valence-electron chi connectivity index (χ3n) is 3.83. The molecule has 1 N–H and O–H groups in total. The molecule has 0 unspecified atom stereocenters. The molecule has 1 saturated carbocycles. The Morgan fingerprint density at radius 2 is 2.11 bits per heavy atom. The predicted octanol–water partition coefficient (Wildman–Crippen LogP) is 3.88. The van der Waals surface area contributed by atoms with E-state index in [0.29, 0.717) is 0 Å². The standard InChI is InChI=1S/C16H28N2S/c1-2-17-10-5-3-4-6-11-18(16-7-8-16)13-15-9-12-19-14-15/h9,12,14,16-17H,2-8,10-11,13H2,1H3. The average Bonchev–Trinajstić information content (AvgIpc) is 3.14. The largest absolute Gasteiger partial charge is 0.317 e. The summed E-state index contributed by atoms with van der Waals surface area (Å²) in [5.74, 6) is 0. The SMILES string of the molecule is CCNCCCCCCN(Cc1ccsc1)C1CC1. The van der Waals surface area contributed by atoms with Gasteiger partial charge >= 0.3 is 0 Å². The van der Waals surface area contributed by atoms with E-state index < -0.39 is 0 Å². The summed E-state index contributed by atoms with van der Waals surface area (Å²) in [4.78, 5) is 2.70. The number of thiophene rings is 1. The second kappa shape index (κ2) is 8.72. The molecule has 0 saturated heterocycles. The van der Waals surface area contributed by atoms with Crippen molar-refractivity contribution >= 4 is 11.3 Å². The van der Waals surface area contributed by atoms with Crippen LogP contribution in [0.5, 0.6) is 0 Å². The van der Waals surface area contributed by atoms with E-state index in [-0.39, 0.29) is 0 Å². The Bertz CT molecular complexity index is 319. The first-order valence-electron chi connectivity index (χ1n) is 7.86. The third kappa shape index (κ3) is 6.07. The lowest BCUT2D eigenvalue weighted by atomic mass is 10.2. The Morgan fingerprint density at radius 3 is 2.79 bits per heavy atom. The quantitative estimate of drug-likeness (QED) is 0.619. The number of nitrogens with one attached hydrogen (secondary N) is 1. The zero-order chi connectivity index (χ0) is 13.3. The second-order valence-corrected chi connectivity index (χ2v) is 6.38. The molecule has 1 aliphatic carbocycles. The molecule has 0 bridgehead atoms. The van der Waals surface area contributed by atoms with Gasteiger partial charge in [0.15, 0.2) is 0 Å². The van der Waals surface area contributed by atoms with Gasteiger partial charge in [-0.2, -0.15) is 11.3 Å². The first-order chi connectivity index (χ1) is 9.40. The zero-order valence-electron chi connectivity index (χ0n) is 12.2. The van der Waals surface area contributed by atoms with Crippen molar-refractivity contribution in [2.45, 2.75) is 58.0 Å². The summed E-state index contributed by atoms with van der Waals surface area (Å²) >= 11 is 1.82. The van der Waals surface area contributed by atoms with E-state index in [1.165, 1.54) is 63.7 Å². The van der Waals surface area contributed by atoms with E-state index >= 15 is 0 Å². The fourth-order valence-electron chi connectivity index (χ4n) is 2.54. The minimum absolute atomic E-state index is 0.890. The van der Waals surface area contributed by atoms with Crippen molar-refractivity contribution in [2.24, 2.45) is 0 Å². The van der Waals surface area contributed by atoms with Crippen molar-refractivity contribution in [2.75, 3.05) is 19.6 Å². The van der Waals surface area contributed by atoms with Crippen LogP contribution in [-0.2, 0) is 6.54 Å². The Hall–Kier alpha value is -0.380. The van der Waals surface area contributed by atoms with Crippen molar-refractivity contribution < 1.29 is 0 Å². The molecular weight excluding hydrogens is 252 g/mol. The van der Waals surface area contributed by atoms with Crippen LogP contribution < -0.4 is 5.32 Å². The van der Waals surface area contributed by atoms with Gasteiger partial charge in [0.25, 0.3) is 0 Å². The number of unbranched alkanes of at least 4 members (excludes halogenated alkanes) is 3. The normalized spacial score (nSPS) is 15.3. The van der Waals surface area contributed by atoms with Gasteiger partial charge in [-0.15, -0.1) is 0 Å². The molecule has 19 heavy (non-hydrogen) atoms. The molecule has 1 heterocycles. The van der Waals surface area contributed by atoms with E-state index in [1.807, 2.05) is 11.3 Å².